The average molecular weight is 238 g/mol. The van der Waals surface area contributed by atoms with E-state index < -0.39 is 42.8 Å². The van der Waals surface area contributed by atoms with E-state index >= 15 is 0 Å². The van der Waals surface area contributed by atoms with Crippen molar-refractivity contribution in [2.24, 2.45) is 0 Å². The number of hydrogen-bond donors (Lipinski definition) is 5. The Labute approximate surface area is 88.6 Å². The number of aliphatic carboxylic acids is 4. The van der Waals surface area contributed by atoms with Gasteiger partial charge >= 0.3 is 23.9 Å². The summed E-state index contributed by atoms with van der Waals surface area (Å²) in [5, 5.41) is 39.5. The van der Waals surface area contributed by atoms with Crippen molar-refractivity contribution in [2.45, 2.75) is 18.9 Å². The Morgan fingerprint density at radius 2 is 1.19 bits per heavy atom. The highest BCUT2D eigenvalue weighted by molar-refractivity contribution is 5.88. The first-order valence-corrected chi connectivity index (χ1v) is 3.73. The SMILES string of the molecule is O=C(O)CC(=O)O.O=C(O)CC(O)C(=O)O. The van der Waals surface area contributed by atoms with Gasteiger partial charge in [-0.25, -0.2) is 4.79 Å². The van der Waals surface area contributed by atoms with Crippen LogP contribution in [0.2, 0.25) is 0 Å². The van der Waals surface area contributed by atoms with Crippen molar-refractivity contribution in [3.05, 3.63) is 0 Å². The summed E-state index contributed by atoms with van der Waals surface area (Å²) in [6, 6.07) is 0. The van der Waals surface area contributed by atoms with E-state index in [1.54, 1.807) is 0 Å². The molecule has 92 valence electrons. The molecule has 0 heterocycles. The summed E-state index contributed by atoms with van der Waals surface area (Å²) >= 11 is 0. The summed E-state index contributed by atoms with van der Waals surface area (Å²) in [6.07, 6.45) is -3.35. The van der Waals surface area contributed by atoms with E-state index in [2.05, 4.69) is 0 Å². The van der Waals surface area contributed by atoms with Gasteiger partial charge in [0.2, 0.25) is 0 Å². The Hall–Kier alpha value is -2.16. The van der Waals surface area contributed by atoms with Crippen LogP contribution in [-0.2, 0) is 19.2 Å². The normalized spacial score (nSPS) is 10.6. The average Bonchev–Trinajstić information content (AvgIpc) is 2.00. The molecule has 5 N–H and O–H groups in total. The third-order valence-corrected chi connectivity index (χ3v) is 0.955. The van der Waals surface area contributed by atoms with Gasteiger partial charge < -0.3 is 25.5 Å². The summed E-state index contributed by atoms with van der Waals surface area (Å²) < 4.78 is 0. The fourth-order valence-corrected chi connectivity index (χ4v) is 0.382. The van der Waals surface area contributed by atoms with Gasteiger partial charge in [-0.2, -0.15) is 0 Å². The lowest BCUT2D eigenvalue weighted by Crippen LogP contribution is -2.22. The molecule has 9 nitrogen and oxygen atoms in total. The smallest absolute Gasteiger partial charge is 0.333 e. The molecule has 0 saturated heterocycles. The molecule has 0 bridgehead atoms. The summed E-state index contributed by atoms with van der Waals surface area (Å²) in [5.41, 5.74) is 0. The quantitative estimate of drug-likeness (QED) is 0.356. The van der Waals surface area contributed by atoms with Gasteiger partial charge in [0.1, 0.15) is 6.42 Å². The predicted molar refractivity (Wildman–Crippen MR) is 45.8 cm³/mol. The number of carboxylic acids is 4. The minimum Gasteiger partial charge on any atom is -0.481 e. The molecule has 0 fully saturated rings. The van der Waals surface area contributed by atoms with Crippen LogP contribution in [0.3, 0.4) is 0 Å². The van der Waals surface area contributed by atoms with Crippen LogP contribution in [-0.4, -0.2) is 55.5 Å². The van der Waals surface area contributed by atoms with Crippen LogP contribution in [0, 0.1) is 0 Å². The largest absolute Gasteiger partial charge is 0.481 e. The van der Waals surface area contributed by atoms with Crippen molar-refractivity contribution in [3.8, 4) is 0 Å². The minimum atomic E-state index is -1.79. The van der Waals surface area contributed by atoms with Crippen molar-refractivity contribution in [1.82, 2.24) is 0 Å². The van der Waals surface area contributed by atoms with Crippen molar-refractivity contribution in [3.63, 3.8) is 0 Å². The van der Waals surface area contributed by atoms with E-state index in [9.17, 15) is 19.2 Å². The zero-order valence-electron chi connectivity index (χ0n) is 7.86. The van der Waals surface area contributed by atoms with Crippen LogP contribution >= 0.6 is 0 Å². The Balaban J connectivity index is 0. The molecule has 0 amide bonds. The fourth-order valence-electron chi connectivity index (χ4n) is 0.382. The molecule has 16 heavy (non-hydrogen) atoms. The van der Waals surface area contributed by atoms with Crippen molar-refractivity contribution in [1.29, 1.82) is 0 Å². The standard InChI is InChI=1S/C4H6O5.C3H4O4/c5-2(4(8)9)1-3(6)7;4-2(5)1-3(6)7/h2,5H,1H2,(H,6,7)(H,8,9);1H2,(H,4,5)(H,6,7). The molecule has 0 radical (unpaired) electrons. The highest BCUT2D eigenvalue weighted by atomic mass is 16.4. The number of aliphatic hydroxyl groups is 1. The van der Waals surface area contributed by atoms with Gasteiger partial charge in [0.05, 0.1) is 6.42 Å². The molecule has 0 aromatic carbocycles. The first kappa shape index (κ1) is 16.3. The summed E-state index contributed by atoms with van der Waals surface area (Å²) in [6.45, 7) is 0. The Morgan fingerprint density at radius 3 is 1.25 bits per heavy atom. The van der Waals surface area contributed by atoms with Gasteiger partial charge in [-0.3, -0.25) is 14.4 Å². The van der Waals surface area contributed by atoms with E-state index in [1.165, 1.54) is 0 Å². The second kappa shape index (κ2) is 8.17. The Bertz CT molecular complexity index is 270. The molecule has 1 unspecified atom stereocenters. The third kappa shape index (κ3) is 14.4. The topological polar surface area (TPSA) is 169 Å². The van der Waals surface area contributed by atoms with Crippen LogP contribution in [0.4, 0.5) is 0 Å². The zero-order valence-corrected chi connectivity index (χ0v) is 7.86. The van der Waals surface area contributed by atoms with Gasteiger partial charge in [-0.05, 0) is 0 Å². The van der Waals surface area contributed by atoms with Gasteiger partial charge in [0.25, 0.3) is 0 Å². The van der Waals surface area contributed by atoms with Crippen LogP contribution in [0.25, 0.3) is 0 Å². The van der Waals surface area contributed by atoms with Crippen molar-refractivity contribution in [2.75, 3.05) is 0 Å². The second-order valence-electron chi connectivity index (χ2n) is 2.42. The van der Waals surface area contributed by atoms with Crippen molar-refractivity contribution >= 4 is 23.9 Å². The Kier molecular flexibility index (Phi) is 8.31. The fraction of sp³-hybridized carbons (Fsp3) is 0.429. The molecule has 1 atom stereocenters. The number of carboxylic acid groups (broad SMARTS) is 4. The maximum Gasteiger partial charge on any atom is 0.333 e. The van der Waals surface area contributed by atoms with Crippen LogP contribution in [0.15, 0.2) is 0 Å². The molecular weight excluding hydrogens is 228 g/mol. The van der Waals surface area contributed by atoms with Gasteiger partial charge in [-0.15, -0.1) is 0 Å². The molecule has 9 heteroatoms. The van der Waals surface area contributed by atoms with Gasteiger partial charge in [0.15, 0.2) is 6.10 Å². The molecule has 0 rings (SSSR count). The molecule has 0 aliphatic heterocycles. The molecular formula is C7H10O9. The number of carbonyl (C=O) groups is 4. The third-order valence-electron chi connectivity index (χ3n) is 0.955. The lowest BCUT2D eigenvalue weighted by molar-refractivity contribution is -0.153. The maximum absolute atomic E-state index is 9.72. The molecule has 0 aliphatic carbocycles. The summed E-state index contributed by atoms with van der Waals surface area (Å²) in [4.78, 5) is 38.3. The molecule has 0 saturated carbocycles. The molecule has 0 aromatic rings. The van der Waals surface area contributed by atoms with Crippen LogP contribution in [0.5, 0.6) is 0 Å². The van der Waals surface area contributed by atoms with Gasteiger partial charge in [0, 0.05) is 0 Å². The highest BCUT2D eigenvalue weighted by Gasteiger charge is 2.16. The lowest BCUT2D eigenvalue weighted by atomic mass is 10.3. The van der Waals surface area contributed by atoms with Crippen LogP contribution < -0.4 is 0 Å². The number of rotatable bonds is 5. The van der Waals surface area contributed by atoms with E-state index in [0.717, 1.165) is 0 Å². The first-order valence-electron chi connectivity index (χ1n) is 3.73. The van der Waals surface area contributed by atoms with Gasteiger partial charge in [-0.1, -0.05) is 0 Å². The predicted octanol–water partition coefficient (Wildman–Crippen LogP) is -1.55. The monoisotopic (exact) mass is 238 g/mol. The molecule has 0 aliphatic rings. The number of aliphatic hydroxyl groups excluding tert-OH is 1. The molecule has 0 spiro atoms. The lowest BCUT2D eigenvalue weighted by Gasteiger charge is -1.97. The highest BCUT2D eigenvalue weighted by Crippen LogP contribution is 1.89. The van der Waals surface area contributed by atoms with E-state index in [4.69, 9.17) is 25.5 Å². The summed E-state index contributed by atoms with van der Waals surface area (Å²) in [5.74, 6) is -5.47. The maximum atomic E-state index is 9.72. The minimum absolute atomic E-state index is 0.755. The van der Waals surface area contributed by atoms with E-state index in [1.807, 2.05) is 0 Å². The second-order valence-corrected chi connectivity index (χ2v) is 2.42. The first-order chi connectivity index (χ1) is 7.16. The molecule has 0 aromatic heterocycles. The van der Waals surface area contributed by atoms with Crippen LogP contribution in [0.1, 0.15) is 12.8 Å². The zero-order chi connectivity index (χ0) is 13.3. The van der Waals surface area contributed by atoms with Crippen molar-refractivity contribution < 1.29 is 44.7 Å². The summed E-state index contributed by atoms with van der Waals surface area (Å²) in [7, 11) is 0. The van der Waals surface area contributed by atoms with E-state index in [-0.39, 0.29) is 0 Å². The van der Waals surface area contributed by atoms with E-state index in [0.29, 0.717) is 0 Å². The Morgan fingerprint density at radius 1 is 0.812 bits per heavy atom. The number of hydrogen-bond acceptors (Lipinski definition) is 5.